The van der Waals surface area contributed by atoms with Gasteiger partial charge >= 0.3 is 5.97 Å². The van der Waals surface area contributed by atoms with Gasteiger partial charge in [0.25, 0.3) is 5.91 Å². The second kappa shape index (κ2) is 10.0. The van der Waals surface area contributed by atoms with E-state index in [1.165, 1.54) is 20.3 Å². The second-order valence-corrected chi connectivity index (χ2v) is 7.60. The third kappa shape index (κ3) is 4.74. The molecule has 8 nitrogen and oxygen atoms in total. The molecule has 0 bridgehead atoms. The summed E-state index contributed by atoms with van der Waals surface area (Å²) < 4.78 is 12.6. The van der Waals surface area contributed by atoms with Gasteiger partial charge in [-0.25, -0.2) is 9.48 Å². The van der Waals surface area contributed by atoms with Crippen molar-refractivity contribution in [3.05, 3.63) is 71.9 Å². The maximum absolute atomic E-state index is 12.5. The Labute approximate surface area is 192 Å². The SMILES string of the molecule is C=CCNC(=O)c1ccc(-n2nc(C(=O)O)cc2-c2c(OC)cccc2OC)c(C(C)C)c1. The Bertz CT molecular complexity index is 1170. The number of rotatable bonds is 9. The van der Waals surface area contributed by atoms with E-state index in [1.807, 2.05) is 13.8 Å². The molecule has 172 valence electrons. The molecule has 0 atom stereocenters. The van der Waals surface area contributed by atoms with E-state index in [0.29, 0.717) is 40.6 Å². The normalized spacial score (nSPS) is 10.7. The van der Waals surface area contributed by atoms with Gasteiger partial charge in [-0.1, -0.05) is 26.0 Å². The van der Waals surface area contributed by atoms with E-state index in [-0.39, 0.29) is 17.5 Å². The quantitative estimate of drug-likeness (QED) is 0.473. The predicted molar refractivity (Wildman–Crippen MR) is 126 cm³/mol. The molecule has 3 rings (SSSR count). The molecule has 0 saturated carbocycles. The largest absolute Gasteiger partial charge is 0.496 e. The Morgan fingerprint density at radius 1 is 1.15 bits per heavy atom. The number of hydrogen-bond donors (Lipinski definition) is 2. The van der Waals surface area contributed by atoms with E-state index in [1.54, 1.807) is 47.2 Å². The number of aromatic nitrogens is 2. The number of carboxylic acid groups (broad SMARTS) is 1. The Kier molecular flexibility index (Phi) is 7.17. The van der Waals surface area contributed by atoms with Crippen molar-refractivity contribution >= 4 is 11.9 Å². The molecule has 8 heteroatoms. The lowest BCUT2D eigenvalue weighted by atomic mass is 9.97. The third-order valence-electron chi connectivity index (χ3n) is 5.16. The highest BCUT2D eigenvalue weighted by atomic mass is 16.5. The molecule has 0 fully saturated rings. The molecule has 0 aliphatic heterocycles. The Hall–Kier alpha value is -4.07. The molecule has 2 N–H and O–H groups in total. The lowest BCUT2D eigenvalue weighted by Crippen LogP contribution is -2.23. The van der Waals surface area contributed by atoms with E-state index < -0.39 is 5.97 Å². The van der Waals surface area contributed by atoms with Crippen LogP contribution >= 0.6 is 0 Å². The van der Waals surface area contributed by atoms with E-state index in [0.717, 1.165) is 5.56 Å². The van der Waals surface area contributed by atoms with Crippen LogP contribution in [0, 0.1) is 0 Å². The van der Waals surface area contributed by atoms with Gasteiger partial charge in [0, 0.05) is 12.1 Å². The molecular formula is C25H27N3O5. The highest BCUT2D eigenvalue weighted by Crippen LogP contribution is 2.40. The summed E-state index contributed by atoms with van der Waals surface area (Å²) in [5, 5.41) is 16.8. The van der Waals surface area contributed by atoms with E-state index in [2.05, 4.69) is 17.0 Å². The minimum absolute atomic E-state index is 0.0250. The van der Waals surface area contributed by atoms with Crippen LogP contribution in [0.5, 0.6) is 11.5 Å². The second-order valence-electron chi connectivity index (χ2n) is 7.60. The summed E-state index contributed by atoms with van der Waals surface area (Å²) in [5.74, 6) is -0.327. The highest BCUT2D eigenvalue weighted by Gasteiger charge is 2.24. The van der Waals surface area contributed by atoms with Crippen LogP contribution in [-0.4, -0.2) is 47.5 Å². The van der Waals surface area contributed by atoms with Gasteiger partial charge in [-0.15, -0.1) is 6.58 Å². The van der Waals surface area contributed by atoms with Crippen LogP contribution in [0.2, 0.25) is 0 Å². The van der Waals surface area contributed by atoms with Crippen LogP contribution in [-0.2, 0) is 0 Å². The predicted octanol–water partition coefficient (Wildman–Crippen LogP) is 4.29. The maximum atomic E-state index is 12.5. The molecular weight excluding hydrogens is 422 g/mol. The first kappa shape index (κ1) is 23.6. The Morgan fingerprint density at radius 3 is 2.36 bits per heavy atom. The average molecular weight is 450 g/mol. The topological polar surface area (TPSA) is 103 Å². The van der Waals surface area contributed by atoms with Crippen molar-refractivity contribution in [3.63, 3.8) is 0 Å². The minimum atomic E-state index is -1.16. The molecule has 1 heterocycles. The number of hydrogen-bond acceptors (Lipinski definition) is 5. The first-order valence-corrected chi connectivity index (χ1v) is 10.4. The third-order valence-corrected chi connectivity index (χ3v) is 5.16. The number of carbonyl (C=O) groups excluding carboxylic acids is 1. The molecule has 0 unspecified atom stereocenters. The number of amides is 1. The van der Waals surface area contributed by atoms with Crippen molar-refractivity contribution in [3.8, 4) is 28.4 Å². The van der Waals surface area contributed by atoms with Gasteiger partial charge < -0.3 is 19.9 Å². The molecule has 0 aliphatic carbocycles. The molecule has 2 aromatic carbocycles. The summed E-state index contributed by atoms with van der Waals surface area (Å²) in [4.78, 5) is 24.3. The molecule has 1 amide bonds. The van der Waals surface area contributed by atoms with Crippen molar-refractivity contribution < 1.29 is 24.2 Å². The molecule has 0 radical (unpaired) electrons. The zero-order chi connectivity index (χ0) is 24.1. The standard InChI is InChI=1S/C25H27N3O5/c1-6-12-26-24(29)16-10-11-19(17(13-16)15(2)3)28-20(14-18(27-28)25(30)31)23-21(32-4)8-7-9-22(23)33-5/h6-11,13-15H,1,12H2,2-5H3,(H,26,29)(H,30,31). The monoisotopic (exact) mass is 449 g/mol. The molecule has 3 aromatic rings. The van der Waals surface area contributed by atoms with Crippen molar-refractivity contribution in [1.29, 1.82) is 0 Å². The average Bonchev–Trinajstić information content (AvgIpc) is 3.26. The smallest absolute Gasteiger partial charge is 0.356 e. The molecule has 0 spiro atoms. The maximum Gasteiger partial charge on any atom is 0.356 e. The van der Waals surface area contributed by atoms with Crippen LogP contribution in [0.15, 0.2) is 55.1 Å². The summed E-state index contributed by atoms with van der Waals surface area (Å²) in [6.45, 7) is 7.96. The fourth-order valence-corrected chi connectivity index (χ4v) is 3.57. The number of ether oxygens (including phenoxy) is 2. The summed E-state index contributed by atoms with van der Waals surface area (Å²) in [7, 11) is 3.07. The van der Waals surface area contributed by atoms with Gasteiger partial charge in [-0.2, -0.15) is 5.10 Å². The molecule has 1 aromatic heterocycles. The van der Waals surface area contributed by atoms with Gasteiger partial charge in [0.2, 0.25) is 0 Å². The van der Waals surface area contributed by atoms with Gasteiger partial charge in [-0.05, 0) is 47.9 Å². The number of carboxylic acids is 1. The zero-order valence-electron chi connectivity index (χ0n) is 19.1. The first-order chi connectivity index (χ1) is 15.8. The van der Waals surface area contributed by atoms with Crippen LogP contribution in [0.25, 0.3) is 16.9 Å². The number of benzene rings is 2. The summed E-state index contributed by atoms with van der Waals surface area (Å²) in [5.41, 5.74) is 2.92. The molecule has 0 saturated heterocycles. The van der Waals surface area contributed by atoms with Crippen molar-refractivity contribution in [2.75, 3.05) is 20.8 Å². The fraction of sp³-hybridized carbons (Fsp3) is 0.240. The van der Waals surface area contributed by atoms with Crippen LogP contribution in [0.1, 0.15) is 46.2 Å². The number of carbonyl (C=O) groups is 2. The summed E-state index contributed by atoms with van der Waals surface area (Å²) >= 11 is 0. The minimum Gasteiger partial charge on any atom is -0.496 e. The molecule has 0 aliphatic rings. The van der Waals surface area contributed by atoms with E-state index in [9.17, 15) is 14.7 Å². The zero-order valence-corrected chi connectivity index (χ0v) is 19.1. The van der Waals surface area contributed by atoms with Gasteiger partial charge in [0.05, 0.1) is 31.2 Å². The lowest BCUT2D eigenvalue weighted by Gasteiger charge is -2.18. The van der Waals surface area contributed by atoms with Gasteiger partial charge in [0.1, 0.15) is 11.5 Å². The van der Waals surface area contributed by atoms with Gasteiger partial charge in [-0.3, -0.25) is 4.79 Å². The number of nitrogens with one attached hydrogen (secondary N) is 1. The molecule has 33 heavy (non-hydrogen) atoms. The lowest BCUT2D eigenvalue weighted by molar-refractivity contribution is 0.0689. The van der Waals surface area contributed by atoms with Gasteiger partial charge in [0.15, 0.2) is 5.69 Å². The number of aromatic carboxylic acids is 1. The van der Waals surface area contributed by atoms with Crippen LogP contribution in [0.4, 0.5) is 0 Å². The number of nitrogens with zero attached hydrogens (tertiary/aromatic N) is 2. The fourth-order valence-electron chi connectivity index (χ4n) is 3.57. The van der Waals surface area contributed by atoms with Crippen molar-refractivity contribution in [2.24, 2.45) is 0 Å². The van der Waals surface area contributed by atoms with Crippen LogP contribution < -0.4 is 14.8 Å². The number of methoxy groups -OCH3 is 2. The van der Waals surface area contributed by atoms with Crippen LogP contribution in [0.3, 0.4) is 0 Å². The summed E-state index contributed by atoms with van der Waals surface area (Å²) in [6, 6.07) is 12.1. The Morgan fingerprint density at radius 2 is 1.82 bits per heavy atom. The first-order valence-electron chi connectivity index (χ1n) is 10.4. The van der Waals surface area contributed by atoms with E-state index >= 15 is 0 Å². The van der Waals surface area contributed by atoms with Crippen molar-refractivity contribution in [1.82, 2.24) is 15.1 Å². The van der Waals surface area contributed by atoms with E-state index in [4.69, 9.17) is 9.47 Å². The Balaban J connectivity index is 2.27. The van der Waals surface area contributed by atoms with Crippen molar-refractivity contribution in [2.45, 2.75) is 19.8 Å². The summed E-state index contributed by atoms with van der Waals surface area (Å²) in [6.07, 6.45) is 1.61. The highest BCUT2D eigenvalue weighted by molar-refractivity contribution is 5.95.